The minimum absolute atomic E-state index is 0. The molecule has 0 saturated carbocycles. The summed E-state index contributed by atoms with van der Waals surface area (Å²) in [5, 5.41) is 0. The summed E-state index contributed by atoms with van der Waals surface area (Å²) in [6, 6.07) is 1.58. The second-order valence-corrected chi connectivity index (χ2v) is 9.60. The van der Waals surface area contributed by atoms with Gasteiger partial charge in [-0.15, -0.1) is 0 Å². The first-order chi connectivity index (χ1) is 4.13. The molecule has 0 spiro atoms. The van der Waals surface area contributed by atoms with Crippen LogP contribution in [-0.2, 0) is 26.2 Å². The summed E-state index contributed by atoms with van der Waals surface area (Å²) >= 11 is 0. The monoisotopic (exact) mass is 247 g/mol. The zero-order chi connectivity index (χ0) is 6.91. The Hall–Kier alpha value is 1.10. The molecule has 1 unspecified atom stereocenters. The molecule has 1 aliphatic heterocycles. The van der Waals surface area contributed by atoms with Gasteiger partial charge < -0.3 is 7.43 Å². The predicted octanol–water partition coefficient (Wildman–Crippen LogP) is 3.72. The van der Waals surface area contributed by atoms with E-state index in [2.05, 4.69) is 20.0 Å². The molecule has 0 aromatic carbocycles. The van der Waals surface area contributed by atoms with Crippen LogP contribution in [0.25, 0.3) is 0 Å². The summed E-state index contributed by atoms with van der Waals surface area (Å²) < 4.78 is 0. The van der Waals surface area contributed by atoms with E-state index in [0.717, 1.165) is 5.54 Å². The summed E-state index contributed by atoms with van der Waals surface area (Å²) in [6.07, 6.45) is 4.53. The molecule has 1 fully saturated rings. The average molecular weight is 249 g/mol. The Morgan fingerprint density at radius 3 is 2.00 bits per heavy atom. The minimum atomic E-state index is -0.694. The van der Waals surface area contributed by atoms with E-state index >= 15 is 0 Å². The van der Waals surface area contributed by atoms with Gasteiger partial charge in [0.05, 0.1) is 8.07 Å². The maximum atomic E-state index is 2.54. The van der Waals surface area contributed by atoms with Crippen molar-refractivity contribution in [1.29, 1.82) is 0 Å². The fourth-order valence-corrected chi connectivity index (χ4v) is 4.31. The van der Waals surface area contributed by atoms with E-state index in [1.807, 2.05) is 0 Å². The number of hydrogen-bond donors (Lipinski definition) is 0. The van der Waals surface area contributed by atoms with E-state index in [-0.39, 0.29) is 33.6 Å². The molecule has 1 saturated heterocycles. The molecule has 66 valence electrons. The van der Waals surface area contributed by atoms with E-state index in [4.69, 9.17) is 0 Å². The molecule has 2 heteroatoms. The van der Waals surface area contributed by atoms with Crippen LogP contribution < -0.4 is 0 Å². The molecule has 1 heterocycles. The summed E-state index contributed by atoms with van der Waals surface area (Å²) in [5.74, 6) is 0. The van der Waals surface area contributed by atoms with Gasteiger partial charge in [-0.25, -0.2) is 0 Å². The van der Waals surface area contributed by atoms with Crippen molar-refractivity contribution in [2.24, 2.45) is 0 Å². The zero-order valence-electron chi connectivity index (χ0n) is 8.41. The van der Waals surface area contributed by atoms with E-state index in [1.54, 1.807) is 6.04 Å². The maximum absolute atomic E-state index is 2.54. The molecule has 11 heavy (non-hydrogen) atoms. The van der Waals surface area contributed by atoms with E-state index < -0.39 is 8.07 Å². The van der Waals surface area contributed by atoms with Gasteiger partial charge in [0.15, 0.2) is 0 Å². The van der Waals surface area contributed by atoms with Crippen LogP contribution in [0.1, 0.15) is 26.2 Å². The number of hydrogen-bond acceptors (Lipinski definition) is 0. The van der Waals surface area contributed by atoms with Gasteiger partial charge in [0.1, 0.15) is 0 Å². The van der Waals surface area contributed by atoms with E-state index in [0.29, 0.717) is 0 Å². The standard InChI is InChI=1S/C8H18Si.CH3.Zr/c1-8-6-4-5-7-9(8,2)3;;/h8H,4-7H2,1-3H3;1H3;/q;-1;. The van der Waals surface area contributed by atoms with Crippen LogP contribution in [0.5, 0.6) is 0 Å². The van der Waals surface area contributed by atoms with Crippen LogP contribution in [0.2, 0.25) is 24.7 Å². The Bertz CT molecular complexity index is 102. The fraction of sp³-hybridized carbons (Fsp3) is 0.889. The van der Waals surface area contributed by atoms with Gasteiger partial charge in [0.25, 0.3) is 0 Å². The first kappa shape index (κ1) is 14.6. The van der Waals surface area contributed by atoms with Crippen LogP contribution in [0.4, 0.5) is 0 Å². The van der Waals surface area contributed by atoms with Gasteiger partial charge in [-0.2, -0.15) is 0 Å². The number of rotatable bonds is 0. The molecular formula is C9H21SiZr-. The molecular weight excluding hydrogens is 227 g/mol. The summed E-state index contributed by atoms with van der Waals surface area (Å²) in [6.45, 7) is 7.53. The Morgan fingerprint density at radius 1 is 1.18 bits per heavy atom. The predicted molar refractivity (Wildman–Crippen MR) is 52.0 cm³/mol. The molecule has 0 N–H and O–H groups in total. The third kappa shape index (κ3) is 4.03. The summed E-state index contributed by atoms with van der Waals surface area (Å²) in [4.78, 5) is 0. The van der Waals surface area contributed by atoms with Crippen molar-refractivity contribution in [3.8, 4) is 0 Å². The smallest absolute Gasteiger partial charge is 0.0502 e. The third-order valence-corrected chi connectivity index (χ3v) is 7.64. The average Bonchev–Trinajstić information content (AvgIpc) is 1.77. The van der Waals surface area contributed by atoms with Crippen molar-refractivity contribution in [2.45, 2.75) is 50.9 Å². The molecule has 1 aliphatic rings. The zero-order valence-corrected chi connectivity index (χ0v) is 11.9. The van der Waals surface area contributed by atoms with E-state index in [1.165, 1.54) is 19.3 Å². The first-order valence-electron chi connectivity index (χ1n) is 4.13. The largest absolute Gasteiger partial charge is 0.358 e. The van der Waals surface area contributed by atoms with Gasteiger partial charge in [-0.3, -0.25) is 0 Å². The van der Waals surface area contributed by atoms with Crippen LogP contribution in [0, 0.1) is 7.43 Å². The van der Waals surface area contributed by atoms with Crippen molar-refractivity contribution in [1.82, 2.24) is 0 Å². The second-order valence-electron chi connectivity index (χ2n) is 4.14. The van der Waals surface area contributed by atoms with Crippen molar-refractivity contribution in [3.05, 3.63) is 7.43 Å². The third-order valence-electron chi connectivity index (χ3n) is 3.04. The van der Waals surface area contributed by atoms with Crippen LogP contribution >= 0.6 is 0 Å². The van der Waals surface area contributed by atoms with Crippen molar-refractivity contribution < 1.29 is 26.2 Å². The topological polar surface area (TPSA) is 0 Å². The second kappa shape index (κ2) is 5.70. The molecule has 0 aromatic heterocycles. The van der Waals surface area contributed by atoms with Crippen molar-refractivity contribution in [2.75, 3.05) is 0 Å². The SMILES string of the molecule is CC1CCCC[Si]1(C)C.[CH3-].[Zr]. The summed E-state index contributed by atoms with van der Waals surface area (Å²) in [7, 11) is -0.694. The summed E-state index contributed by atoms with van der Waals surface area (Å²) in [5.41, 5.74) is 1.09. The van der Waals surface area contributed by atoms with Crippen LogP contribution in [-0.4, -0.2) is 8.07 Å². The van der Waals surface area contributed by atoms with Gasteiger partial charge in [-0.05, 0) is 5.54 Å². The van der Waals surface area contributed by atoms with Gasteiger partial charge in [0.2, 0.25) is 0 Å². The molecule has 0 radical (unpaired) electrons. The maximum Gasteiger partial charge on any atom is 0.0502 e. The molecule has 0 amide bonds. The van der Waals surface area contributed by atoms with Crippen LogP contribution in [0.15, 0.2) is 0 Å². The minimum Gasteiger partial charge on any atom is -0.358 e. The Kier molecular flexibility index (Phi) is 7.57. The van der Waals surface area contributed by atoms with Gasteiger partial charge in [-0.1, -0.05) is 45.3 Å². The first-order valence-corrected chi connectivity index (χ1v) is 7.41. The van der Waals surface area contributed by atoms with Crippen molar-refractivity contribution >= 4 is 8.07 Å². The quantitative estimate of drug-likeness (QED) is 0.453. The Morgan fingerprint density at radius 2 is 1.73 bits per heavy atom. The molecule has 0 aliphatic carbocycles. The Balaban J connectivity index is 0. The fourth-order valence-electron chi connectivity index (χ4n) is 1.67. The molecule has 1 atom stereocenters. The molecule has 0 aromatic rings. The van der Waals surface area contributed by atoms with Gasteiger partial charge >= 0.3 is 0 Å². The molecule has 0 bridgehead atoms. The van der Waals surface area contributed by atoms with Crippen LogP contribution in [0.3, 0.4) is 0 Å². The molecule has 0 nitrogen and oxygen atoms in total. The van der Waals surface area contributed by atoms with Crippen molar-refractivity contribution in [3.63, 3.8) is 0 Å². The Labute approximate surface area is 92.3 Å². The van der Waals surface area contributed by atoms with E-state index in [9.17, 15) is 0 Å². The molecule has 1 rings (SSSR count). The van der Waals surface area contributed by atoms with Gasteiger partial charge in [0, 0.05) is 26.2 Å². The normalized spacial score (nSPS) is 28.1.